The van der Waals surface area contributed by atoms with E-state index < -0.39 is 29.4 Å². The highest BCUT2D eigenvalue weighted by Crippen LogP contribution is 2.06. The largest absolute Gasteiger partial charge is 0.442 e. The highest BCUT2D eigenvalue weighted by atomic mass is 16.7. The Morgan fingerprint density at radius 1 is 0.667 bits per heavy atom. The van der Waals surface area contributed by atoms with Crippen LogP contribution in [0.2, 0.25) is 0 Å². The van der Waals surface area contributed by atoms with Crippen molar-refractivity contribution in [2.45, 2.75) is 26.4 Å². The number of carbonyl (C=O) groups is 6. The third-order valence-corrected chi connectivity index (χ3v) is 4.66. The maximum Gasteiger partial charge on any atom is 0.431 e. The molecule has 4 N–H and O–H groups in total. The van der Waals surface area contributed by atoms with Crippen LogP contribution in [0.4, 0.5) is 4.79 Å². The van der Waals surface area contributed by atoms with Crippen LogP contribution in [0.5, 0.6) is 0 Å². The fraction of sp³-hybridized carbons (Fsp3) is 0.680. The van der Waals surface area contributed by atoms with Crippen molar-refractivity contribution in [1.29, 1.82) is 0 Å². The summed E-state index contributed by atoms with van der Waals surface area (Å²) in [6.07, 6.45) is 1.55. The van der Waals surface area contributed by atoms with Gasteiger partial charge in [-0.25, -0.2) is 4.79 Å². The van der Waals surface area contributed by atoms with Gasteiger partial charge in [-0.05, 0) is 20.8 Å². The zero-order valence-electron chi connectivity index (χ0n) is 24.2. The molecule has 0 aromatic carbocycles. The Hall–Kier alpha value is -3.64. The average molecular weight is 604 g/mol. The number of hydroxylamine groups is 1. The SMILES string of the molecule is CC(C)(C)OC(=O)NOCC(=O)NCCOCCOCC(=O)NCCOCCOCC(=O)NCCN1C(=O)C=CC1=O. The highest BCUT2D eigenvalue weighted by Gasteiger charge is 2.22. The third-order valence-electron chi connectivity index (χ3n) is 4.66. The van der Waals surface area contributed by atoms with Crippen LogP contribution >= 0.6 is 0 Å². The lowest BCUT2D eigenvalue weighted by Gasteiger charge is -2.19. The lowest BCUT2D eigenvalue weighted by Crippen LogP contribution is -2.39. The molecule has 0 aromatic rings. The lowest BCUT2D eigenvalue weighted by atomic mass is 10.2. The fourth-order valence-electron chi connectivity index (χ4n) is 2.87. The van der Waals surface area contributed by atoms with Crippen molar-refractivity contribution >= 4 is 35.6 Å². The predicted octanol–water partition coefficient (Wildman–Crippen LogP) is -2.22. The number of hydrogen-bond acceptors (Lipinski definition) is 12. The van der Waals surface area contributed by atoms with Crippen molar-refractivity contribution in [3.63, 3.8) is 0 Å². The summed E-state index contributed by atoms with van der Waals surface area (Å²) in [6, 6.07) is 0. The summed E-state index contributed by atoms with van der Waals surface area (Å²) >= 11 is 0. The number of ether oxygens (including phenoxy) is 5. The van der Waals surface area contributed by atoms with Crippen molar-refractivity contribution in [2.75, 3.05) is 85.6 Å². The molecule has 0 saturated carbocycles. The monoisotopic (exact) mass is 603 g/mol. The van der Waals surface area contributed by atoms with Crippen LogP contribution in [0.15, 0.2) is 12.2 Å². The van der Waals surface area contributed by atoms with Crippen LogP contribution in [0, 0.1) is 0 Å². The van der Waals surface area contributed by atoms with Gasteiger partial charge in [0, 0.05) is 38.3 Å². The first kappa shape index (κ1) is 36.4. The second kappa shape index (κ2) is 21.1. The van der Waals surface area contributed by atoms with Gasteiger partial charge in [0.05, 0.1) is 39.6 Å². The van der Waals surface area contributed by atoms with Crippen LogP contribution in [-0.4, -0.2) is 132 Å². The zero-order chi connectivity index (χ0) is 31.2. The van der Waals surface area contributed by atoms with Gasteiger partial charge in [-0.2, -0.15) is 5.48 Å². The minimum Gasteiger partial charge on any atom is -0.442 e. The van der Waals surface area contributed by atoms with Crippen molar-refractivity contribution in [2.24, 2.45) is 0 Å². The number of nitrogens with zero attached hydrogens (tertiary/aromatic N) is 1. The molecule has 1 aliphatic rings. The Morgan fingerprint density at radius 3 is 1.62 bits per heavy atom. The molecule has 1 heterocycles. The van der Waals surface area contributed by atoms with E-state index in [1.54, 1.807) is 20.8 Å². The Balaban J connectivity index is 1.84. The molecule has 6 amide bonds. The molecular formula is C25H41N5O12. The summed E-state index contributed by atoms with van der Waals surface area (Å²) in [4.78, 5) is 75.0. The molecule has 17 nitrogen and oxygen atoms in total. The van der Waals surface area contributed by atoms with Crippen LogP contribution in [0.1, 0.15) is 20.8 Å². The van der Waals surface area contributed by atoms with Crippen molar-refractivity contribution in [3.8, 4) is 0 Å². The van der Waals surface area contributed by atoms with Gasteiger partial charge >= 0.3 is 6.09 Å². The maximum atomic E-state index is 11.7. The average Bonchev–Trinajstić information content (AvgIpc) is 3.22. The first-order valence-corrected chi connectivity index (χ1v) is 13.2. The summed E-state index contributed by atoms with van der Waals surface area (Å²) in [6.45, 7) is 6.28. The summed E-state index contributed by atoms with van der Waals surface area (Å²) < 4.78 is 25.9. The van der Waals surface area contributed by atoms with E-state index in [9.17, 15) is 28.8 Å². The molecule has 42 heavy (non-hydrogen) atoms. The quantitative estimate of drug-likeness (QED) is 0.0589. The van der Waals surface area contributed by atoms with Gasteiger partial charge < -0.3 is 39.6 Å². The molecule has 0 saturated heterocycles. The normalized spacial score (nSPS) is 12.8. The van der Waals surface area contributed by atoms with E-state index in [0.717, 1.165) is 4.90 Å². The fourth-order valence-corrected chi connectivity index (χ4v) is 2.87. The highest BCUT2D eigenvalue weighted by molar-refractivity contribution is 6.12. The molecule has 0 aromatic heterocycles. The minimum absolute atomic E-state index is 0.0851. The standard InChI is InChI=1S/C25H41N5O12/c1-25(2,3)42-24(36)29-41-18-21(33)28-8-11-38-13-15-40-17-20(32)27-7-10-37-12-14-39-16-19(31)26-6-9-30-22(34)4-5-23(30)35/h4-5H,6-18H2,1-3H3,(H,26,31)(H,27,32)(H,28,33)(H,29,36). The minimum atomic E-state index is -0.798. The van der Waals surface area contributed by atoms with E-state index in [2.05, 4.69) is 16.0 Å². The summed E-state index contributed by atoms with van der Waals surface area (Å²) in [5, 5.41) is 7.70. The topological polar surface area (TPSA) is 209 Å². The Morgan fingerprint density at radius 2 is 1.12 bits per heavy atom. The van der Waals surface area contributed by atoms with Crippen molar-refractivity contribution in [1.82, 2.24) is 26.3 Å². The second-order valence-corrected chi connectivity index (χ2v) is 9.43. The number of imide groups is 1. The number of hydrogen-bond donors (Lipinski definition) is 4. The Bertz CT molecular complexity index is 904. The Kier molecular flexibility index (Phi) is 18.3. The van der Waals surface area contributed by atoms with Crippen LogP contribution in [0.25, 0.3) is 0 Å². The van der Waals surface area contributed by atoms with Crippen LogP contribution in [-0.2, 0) is 52.5 Å². The zero-order valence-corrected chi connectivity index (χ0v) is 24.2. The molecule has 0 fully saturated rings. The molecule has 0 bridgehead atoms. The summed E-state index contributed by atoms with van der Waals surface area (Å²) in [7, 11) is 0. The molecule has 1 rings (SSSR count). The first-order chi connectivity index (χ1) is 20.0. The molecular weight excluding hydrogens is 562 g/mol. The molecule has 0 spiro atoms. The third kappa shape index (κ3) is 19.4. The smallest absolute Gasteiger partial charge is 0.431 e. The van der Waals surface area contributed by atoms with Gasteiger partial charge in [-0.15, -0.1) is 0 Å². The van der Waals surface area contributed by atoms with Gasteiger partial charge in [-0.1, -0.05) is 0 Å². The lowest BCUT2D eigenvalue weighted by molar-refractivity contribution is -0.137. The molecule has 0 unspecified atom stereocenters. The summed E-state index contributed by atoms with van der Waals surface area (Å²) in [5.74, 6) is -1.98. The van der Waals surface area contributed by atoms with Gasteiger partial charge in [0.2, 0.25) is 17.7 Å². The van der Waals surface area contributed by atoms with E-state index in [1.807, 2.05) is 5.48 Å². The van der Waals surface area contributed by atoms with Gasteiger partial charge in [-0.3, -0.25) is 33.7 Å². The van der Waals surface area contributed by atoms with Crippen molar-refractivity contribution < 1.29 is 57.3 Å². The van der Waals surface area contributed by atoms with E-state index in [4.69, 9.17) is 28.5 Å². The molecule has 238 valence electrons. The molecule has 0 atom stereocenters. The molecule has 1 aliphatic heterocycles. The summed E-state index contributed by atoms with van der Waals surface area (Å²) in [5.41, 5.74) is 1.32. The van der Waals surface area contributed by atoms with Crippen LogP contribution in [0.3, 0.4) is 0 Å². The van der Waals surface area contributed by atoms with Gasteiger partial charge in [0.15, 0.2) is 6.61 Å². The first-order valence-electron chi connectivity index (χ1n) is 13.2. The number of amides is 6. The van der Waals surface area contributed by atoms with E-state index in [-0.39, 0.29) is 97.5 Å². The van der Waals surface area contributed by atoms with Gasteiger partial charge in [0.1, 0.15) is 18.8 Å². The van der Waals surface area contributed by atoms with Crippen LogP contribution < -0.4 is 21.4 Å². The van der Waals surface area contributed by atoms with Gasteiger partial charge in [0.25, 0.3) is 11.8 Å². The van der Waals surface area contributed by atoms with Crippen molar-refractivity contribution in [3.05, 3.63) is 12.2 Å². The van der Waals surface area contributed by atoms with E-state index in [0.29, 0.717) is 0 Å². The molecule has 17 heteroatoms. The maximum absolute atomic E-state index is 11.7. The number of rotatable bonds is 22. The van der Waals surface area contributed by atoms with E-state index >= 15 is 0 Å². The number of carbonyl (C=O) groups excluding carboxylic acids is 6. The van der Waals surface area contributed by atoms with E-state index in [1.165, 1.54) is 12.2 Å². The molecule has 0 radical (unpaired) electrons. The molecule has 0 aliphatic carbocycles. The Labute approximate surface area is 243 Å². The predicted molar refractivity (Wildman–Crippen MR) is 143 cm³/mol. The number of nitrogens with one attached hydrogen (secondary N) is 4. The second-order valence-electron chi connectivity index (χ2n) is 9.43.